The van der Waals surface area contributed by atoms with Crippen LogP contribution in [0.2, 0.25) is 0 Å². The summed E-state index contributed by atoms with van der Waals surface area (Å²) in [5.74, 6) is 0.676. The highest BCUT2D eigenvalue weighted by Crippen LogP contribution is 2.17. The van der Waals surface area contributed by atoms with Crippen LogP contribution >= 0.6 is 12.4 Å². The maximum absolute atomic E-state index is 12.1. The van der Waals surface area contributed by atoms with E-state index in [2.05, 4.69) is 5.32 Å². The third kappa shape index (κ3) is 7.22. The Morgan fingerprint density at radius 1 is 1.40 bits per heavy atom. The Kier molecular flexibility index (Phi) is 8.68. The van der Waals surface area contributed by atoms with E-state index in [1.54, 1.807) is 23.1 Å². The molecule has 0 bridgehead atoms. The molecule has 1 N–H and O–H groups in total. The van der Waals surface area contributed by atoms with E-state index in [1.165, 1.54) is 12.3 Å². The number of amides is 1. The first-order valence-electron chi connectivity index (χ1n) is 8.26. The van der Waals surface area contributed by atoms with Crippen LogP contribution in [0.1, 0.15) is 25.7 Å². The number of hydrogen-bond acceptors (Lipinski definition) is 5. The van der Waals surface area contributed by atoms with Crippen LogP contribution in [0.15, 0.2) is 29.2 Å². The Hall–Kier alpha value is -1.31. The van der Waals surface area contributed by atoms with Crippen LogP contribution in [0.3, 0.4) is 0 Å². The van der Waals surface area contributed by atoms with Gasteiger partial charge in [0, 0.05) is 32.3 Å². The first kappa shape index (κ1) is 21.7. The molecule has 1 unspecified atom stereocenters. The van der Waals surface area contributed by atoms with Crippen LogP contribution in [-0.4, -0.2) is 58.3 Å². The molecule has 8 heteroatoms. The van der Waals surface area contributed by atoms with Crippen molar-refractivity contribution in [2.75, 3.05) is 33.0 Å². The highest BCUT2D eigenvalue weighted by molar-refractivity contribution is 7.90. The standard InChI is InChI=1S/C17H26N2O4S.ClH/c1-19(17(20)12-14-6-4-9-18-14)10-5-11-23-15-7-3-8-16(13-15)24(2,21)22;/h3,7-8,13-14,18H,4-6,9-12H2,1-2H3;1H. The van der Waals surface area contributed by atoms with Crippen molar-refractivity contribution in [3.05, 3.63) is 24.3 Å². The molecular weight excluding hydrogens is 364 g/mol. The first-order valence-corrected chi connectivity index (χ1v) is 10.2. The molecule has 142 valence electrons. The predicted octanol–water partition coefficient (Wildman–Crippen LogP) is 1.88. The number of nitrogens with one attached hydrogen (secondary N) is 1. The van der Waals surface area contributed by atoms with Crippen molar-refractivity contribution in [1.82, 2.24) is 10.2 Å². The number of halogens is 1. The average molecular weight is 391 g/mol. The summed E-state index contributed by atoms with van der Waals surface area (Å²) in [6, 6.07) is 6.78. The lowest BCUT2D eigenvalue weighted by molar-refractivity contribution is -0.130. The van der Waals surface area contributed by atoms with E-state index in [1.807, 2.05) is 7.05 Å². The van der Waals surface area contributed by atoms with Crippen molar-refractivity contribution in [3.8, 4) is 5.75 Å². The summed E-state index contributed by atoms with van der Waals surface area (Å²) in [5, 5.41) is 3.33. The summed E-state index contributed by atoms with van der Waals surface area (Å²) in [6.07, 6.45) is 4.63. The fraction of sp³-hybridized carbons (Fsp3) is 0.588. The highest BCUT2D eigenvalue weighted by atomic mass is 35.5. The Labute approximate surface area is 156 Å². The zero-order valence-corrected chi connectivity index (χ0v) is 16.4. The number of carbonyl (C=O) groups excluding carboxylic acids is 1. The molecule has 0 aliphatic carbocycles. The molecular formula is C17H27ClN2O4S. The first-order chi connectivity index (χ1) is 11.4. The molecule has 2 rings (SSSR count). The van der Waals surface area contributed by atoms with E-state index >= 15 is 0 Å². The summed E-state index contributed by atoms with van der Waals surface area (Å²) < 4.78 is 28.6. The normalized spacial score (nSPS) is 17.0. The largest absolute Gasteiger partial charge is 0.493 e. The molecule has 1 heterocycles. The third-order valence-corrected chi connectivity index (χ3v) is 5.26. The second-order valence-electron chi connectivity index (χ2n) is 6.26. The van der Waals surface area contributed by atoms with Crippen LogP contribution in [0, 0.1) is 0 Å². The molecule has 0 radical (unpaired) electrons. The molecule has 1 amide bonds. The number of carbonyl (C=O) groups is 1. The summed E-state index contributed by atoms with van der Waals surface area (Å²) in [7, 11) is -1.42. The smallest absolute Gasteiger partial charge is 0.223 e. The fourth-order valence-corrected chi connectivity index (χ4v) is 3.36. The molecule has 1 aliphatic heterocycles. The molecule has 6 nitrogen and oxygen atoms in total. The topological polar surface area (TPSA) is 75.7 Å². The summed E-state index contributed by atoms with van der Waals surface area (Å²) in [6.45, 7) is 2.06. The van der Waals surface area contributed by atoms with Gasteiger partial charge in [0.15, 0.2) is 9.84 Å². The number of rotatable bonds is 8. The van der Waals surface area contributed by atoms with Crippen molar-refractivity contribution in [1.29, 1.82) is 0 Å². The van der Waals surface area contributed by atoms with Crippen LogP contribution in [0.5, 0.6) is 5.75 Å². The molecule has 1 atom stereocenters. The molecule has 1 aromatic carbocycles. The SMILES string of the molecule is CN(CCCOc1cccc(S(C)(=O)=O)c1)C(=O)CC1CCCN1.Cl. The predicted molar refractivity (Wildman–Crippen MR) is 100 cm³/mol. The highest BCUT2D eigenvalue weighted by Gasteiger charge is 2.19. The summed E-state index contributed by atoms with van der Waals surface area (Å²) >= 11 is 0. The molecule has 0 aromatic heterocycles. The van der Waals surface area contributed by atoms with Gasteiger partial charge in [-0.15, -0.1) is 12.4 Å². The monoisotopic (exact) mass is 390 g/mol. The van der Waals surface area contributed by atoms with Crippen molar-refractivity contribution < 1.29 is 17.9 Å². The molecule has 1 aliphatic rings. The van der Waals surface area contributed by atoms with Gasteiger partial charge in [-0.1, -0.05) is 6.07 Å². The van der Waals surface area contributed by atoms with Crippen molar-refractivity contribution in [2.24, 2.45) is 0 Å². The molecule has 1 fully saturated rings. The van der Waals surface area contributed by atoms with Crippen LogP contribution in [0.25, 0.3) is 0 Å². The fourth-order valence-electron chi connectivity index (χ4n) is 2.71. The van der Waals surface area contributed by atoms with Gasteiger partial charge in [0.25, 0.3) is 0 Å². The van der Waals surface area contributed by atoms with Crippen LogP contribution in [0.4, 0.5) is 0 Å². The van der Waals surface area contributed by atoms with Crippen molar-refractivity contribution in [2.45, 2.75) is 36.6 Å². The van der Waals surface area contributed by atoms with Gasteiger partial charge in [0.1, 0.15) is 5.75 Å². The molecule has 0 spiro atoms. The lowest BCUT2D eigenvalue weighted by atomic mass is 10.1. The van der Waals surface area contributed by atoms with E-state index in [0.717, 1.165) is 19.4 Å². The maximum atomic E-state index is 12.1. The molecule has 0 saturated carbocycles. The number of ether oxygens (including phenoxy) is 1. The lowest BCUT2D eigenvalue weighted by Crippen LogP contribution is -2.34. The summed E-state index contributed by atoms with van der Waals surface area (Å²) in [5.41, 5.74) is 0. The summed E-state index contributed by atoms with van der Waals surface area (Å²) in [4.78, 5) is 14.1. The van der Waals surface area contributed by atoms with Crippen LogP contribution in [-0.2, 0) is 14.6 Å². The zero-order valence-electron chi connectivity index (χ0n) is 14.7. The minimum absolute atomic E-state index is 0. The van der Waals surface area contributed by atoms with E-state index < -0.39 is 9.84 Å². The maximum Gasteiger partial charge on any atom is 0.223 e. The molecule has 1 aromatic rings. The van der Waals surface area contributed by atoms with Gasteiger partial charge >= 0.3 is 0 Å². The quantitative estimate of drug-likeness (QED) is 0.686. The van der Waals surface area contributed by atoms with Gasteiger partial charge in [0.05, 0.1) is 11.5 Å². The second-order valence-corrected chi connectivity index (χ2v) is 8.28. The second kappa shape index (κ2) is 9.99. The van der Waals surface area contributed by atoms with Gasteiger partial charge in [-0.25, -0.2) is 8.42 Å². The minimum atomic E-state index is -3.23. The Balaban J connectivity index is 0.00000312. The van der Waals surface area contributed by atoms with Gasteiger partial charge in [-0.3, -0.25) is 4.79 Å². The average Bonchev–Trinajstić information content (AvgIpc) is 3.03. The number of sulfone groups is 1. The van der Waals surface area contributed by atoms with E-state index in [-0.39, 0.29) is 23.2 Å². The Morgan fingerprint density at radius 3 is 2.80 bits per heavy atom. The van der Waals surface area contributed by atoms with E-state index in [0.29, 0.717) is 37.8 Å². The number of nitrogens with zero attached hydrogens (tertiary/aromatic N) is 1. The van der Waals surface area contributed by atoms with Crippen molar-refractivity contribution in [3.63, 3.8) is 0 Å². The zero-order chi connectivity index (χ0) is 17.6. The Morgan fingerprint density at radius 2 is 2.16 bits per heavy atom. The van der Waals surface area contributed by atoms with Gasteiger partial charge in [-0.2, -0.15) is 0 Å². The Bertz CT molecular complexity index is 660. The third-order valence-electron chi connectivity index (χ3n) is 4.15. The number of benzene rings is 1. The lowest BCUT2D eigenvalue weighted by Gasteiger charge is -2.19. The molecule has 1 saturated heterocycles. The molecule has 25 heavy (non-hydrogen) atoms. The van der Waals surface area contributed by atoms with E-state index in [9.17, 15) is 13.2 Å². The van der Waals surface area contributed by atoms with Crippen molar-refractivity contribution >= 4 is 28.2 Å². The van der Waals surface area contributed by atoms with Gasteiger partial charge in [-0.05, 0) is 44.0 Å². The van der Waals surface area contributed by atoms with Gasteiger partial charge < -0.3 is 15.0 Å². The minimum Gasteiger partial charge on any atom is -0.493 e. The number of hydrogen-bond donors (Lipinski definition) is 1. The van der Waals surface area contributed by atoms with Crippen LogP contribution < -0.4 is 10.1 Å². The van der Waals surface area contributed by atoms with E-state index in [4.69, 9.17) is 4.74 Å². The van der Waals surface area contributed by atoms with Gasteiger partial charge in [0.2, 0.25) is 5.91 Å².